The van der Waals surface area contributed by atoms with E-state index in [0.29, 0.717) is 32.8 Å². The second-order valence-electron chi connectivity index (χ2n) is 8.31. The van der Waals surface area contributed by atoms with E-state index in [1.54, 1.807) is 30.3 Å². The summed E-state index contributed by atoms with van der Waals surface area (Å²) in [5, 5.41) is 11.8. The summed E-state index contributed by atoms with van der Waals surface area (Å²) in [4.78, 5) is 52.9. The van der Waals surface area contributed by atoms with Gasteiger partial charge >= 0.3 is 0 Å². The van der Waals surface area contributed by atoms with Gasteiger partial charge in [-0.1, -0.05) is 29.3 Å². The number of ether oxygens (including phenoxy) is 2. The molecule has 180 valence electrons. The van der Waals surface area contributed by atoms with Crippen LogP contribution in [0.25, 0.3) is 0 Å². The van der Waals surface area contributed by atoms with E-state index < -0.39 is 34.7 Å². The molecule has 3 aliphatic heterocycles. The van der Waals surface area contributed by atoms with Gasteiger partial charge in [0.25, 0.3) is 23.4 Å². The molecule has 0 spiro atoms. The average Bonchev–Trinajstić information content (AvgIpc) is 3.39. The van der Waals surface area contributed by atoms with Gasteiger partial charge in [0.05, 0.1) is 22.1 Å². The van der Waals surface area contributed by atoms with Gasteiger partial charge in [-0.3, -0.25) is 29.4 Å². The maximum Gasteiger partial charge on any atom is 0.270 e. The minimum Gasteiger partial charge on any atom is -0.454 e. The van der Waals surface area contributed by atoms with E-state index in [2.05, 4.69) is 0 Å². The Hall–Kier alpha value is -4.15. The molecule has 6 rings (SSSR count). The Bertz CT molecular complexity index is 1510. The summed E-state index contributed by atoms with van der Waals surface area (Å²) in [6.07, 6.45) is 0. The van der Waals surface area contributed by atoms with E-state index in [4.69, 9.17) is 32.7 Å². The number of rotatable bonds is 4. The molecule has 0 aromatic heterocycles. The highest BCUT2D eigenvalue weighted by atomic mass is 35.5. The van der Waals surface area contributed by atoms with Crippen molar-refractivity contribution in [2.24, 2.45) is 0 Å². The molecule has 12 heteroatoms. The molecule has 0 N–H and O–H groups in total. The standard InChI is InChI=1S/C24H13Cl2N3O7/c25-12-6-13(26)8-15(7-12)27-20(11-1-4-18-19(5-11)36-10-35-18)21(24(27)32)28-22(30)16-3-2-14(29(33)34)9-17(16)23(28)31/h1-9,20-21H,10H2/t20-,21-/m0/s1. The molecular formula is C24H13Cl2N3O7. The van der Waals surface area contributed by atoms with Gasteiger partial charge in [-0.25, -0.2) is 0 Å². The first-order valence-corrected chi connectivity index (χ1v) is 11.4. The maximum absolute atomic E-state index is 13.5. The molecule has 0 aliphatic carbocycles. The second-order valence-corrected chi connectivity index (χ2v) is 9.18. The van der Waals surface area contributed by atoms with Gasteiger partial charge in [0, 0.05) is 27.9 Å². The number of nitrogens with zero attached hydrogens (tertiary/aromatic N) is 3. The lowest BCUT2D eigenvalue weighted by molar-refractivity contribution is -0.384. The van der Waals surface area contributed by atoms with Crippen molar-refractivity contribution in [1.82, 2.24) is 4.90 Å². The number of carbonyl (C=O) groups is 3. The van der Waals surface area contributed by atoms with Crippen molar-refractivity contribution in [3.8, 4) is 11.5 Å². The third kappa shape index (κ3) is 3.22. The van der Waals surface area contributed by atoms with Crippen molar-refractivity contribution >= 4 is 52.3 Å². The summed E-state index contributed by atoms with van der Waals surface area (Å²) < 4.78 is 10.8. The fourth-order valence-electron chi connectivity index (χ4n) is 4.73. The number of imide groups is 1. The Labute approximate surface area is 212 Å². The van der Waals surface area contributed by atoms with Crippen LogP contribution < -0.4 is 14.4 Å². The van der Waals surface area contributed by atoms with Gasteiger partial charge in [0.2, 0.25) is 6.79 Å². The van der Waals surface area contributed by atoms with Gasteiger partial charge < -0.3 is 14.4 Å². The van der Waals surface area contributed by atoms with E-state index in [9.17, 15) is 24.5 Å². The van der Waals surface area contributed by atoms with E-state index in [-0.39, 0.29) is 23.6 Å². The van der Waals surface area contributed by atoms with Crippen molar-refractivity contribution in [3.63, 3.8) is 0 Å². The quantitative estimate of drug-likeness (QED) is 0.214. The van der Waals surface area contributed by atoms with Crippen LogP contribution in [0.5, 0.6) is 11.5 Å². The average molecular weight is 526 g/mol. The van der Waals surface area contributed by atoms with Crippen LogP contribution in [0.15, 0.2) is 54.6 Å². The number of anilines is 1. The summed E-state index contributed by atoms with van der Waals surface area (Å²) in [5.41, 5.74) is 0.480. The highest BCUT2D eigenvalue weighted by Gasteiger charge is 2.57. The Morgan fingerprint density at radius 1 is 0.806 bits per heavy atom. The summed E-state index contributed by atoms with van der Waals surface area (Å²) >= 11 is 12.3. The molecule has 0 radical (unpaired) electrons. The Morgan fingerprint density at radius 3 is 2.22 bits per heavy atom. The fourth-order valence-corrected chi connectivity index (χ4v) is 5.25. The number of non-ortho nitro benzene ring substituents is 1. The van der Waals surface area contributed by atoms with Crippen LogP contribution in [0, 0.1) is 10.1 Å². The predicted octanol–water partition coefficient (Wildman–Crippen LogP) is 4.38. The Kier molecular flexibility index (Phi) is 4.92. The number of nitro benzene ring substituents is 1. The van der Waals surface area contributed by atoms with Crippen LogP contribution in [0.4, 0.5) is 11.4 Å². The molecular weight excluding hydrogens is 513 g/mol. The second kappa shape index (κ2) is 7.94. The van der Waals surface area contributed by atoms with Crippen molar-refractivity contribution < 1.29 is 28.8 Å². The zero-order chi connectivity index (χ0) is 25.3. The number of benzene rings is 3. The molecule has 10 nitrogen and oxygen atoms in total. The maximum atomic E-state index is 13.5. The first-order chi connectivity index (χ1) is 17.2. The molecule has 3 aliphatic rings. The molecule has 3 aromatic carbocycles. The predicted molar refractivity (Wildman–Crippen MR) is 127 cm³/mol. The minimum absolute atomic E-state index is 0.00733. The lowest BCUT2D eigenvalue weighted by Gasteiger charge is -2.49. The number of fused-ring (bicyclic) bond motifs is 2. The zero-order valence-corrected chi connectivity index (χ0v) is 19.5. The van der Waals surface area contributed by atoms with Gasteiger partial charge in [0.1, 0.15) is 6.04 Å². The zero-order valence-electron chi connectivity index (χ0n) is 18.0. The number of carbonyl (C=O) groups excluding carboxylic acids is 3. The van der Waals surface area contributed by atoms with Crippen LogP contribution in [0.2, 0.25) is 10.0 Å². The van der Waals surface area contributed by atoms with Crippen molar-refractivity contribution in [1.29, 1.82) is 0 Å². The highest BCUT2D eigenvalue weighted by molar-refractivity contribution is 6.35. The monoisotopic (exact) mass is 525 g/mol. The molecule has 2 atom stereocenters. The van der Waals surface area contributed by atoms with Crippen LogP contribution >= 0.6 is 23.2 Å². The van der Waals surface area contributed by atoms with Gasteiger partial charge in [0.15, 0.2) is 11.5 Å². The Balaban J connectivity index is 1.45. The summed E-state index contributed by atoms with van der Waals surface area (Å²) in [6.45, 7) is 0.0383. The van der Waals surface area contributed by atoms with Crippen LogP contribution in [-0.4, -0.2) is 40.4 Å². The number of hydrogen-bond donors (Lipinski definition) is 0. The third-order valence-electron chi connectivity index (χ3n) is 6.32. The summed E-state index contributed by atoms with van der Waals surface area (Å²) in [6, 6.07) is 11.1. The van der Waals surface area contributed by atoms with E-state index in [1.165, 1.54) is 17.0 Å². The molecule has 0 unspecified atom stereocenters. The highest BCUT2D eigenvalue weighted by Crippen LogP contribution is 2.47. The van der Waals surface area contributed by atoms with Crippen LogP contribution in [0.1, 0.15) is 32.3 Å². The van der Waals surface area contributed by atoms with E-state index >= 15 is 0 Å². The molecule has 1 saturated heterocycles. The lowest BCUT2D eigenvalue weighted by Crippen LogP contribution is -2.67. The SMILES string of the molecule is O=C1c2ccc([N+](=O)[O-])cc2C(=O)N1[C@@H]1C(=O)N(c2cc(Cl)cc(Cl)c2)[C@H]1c1ccc2c(c1)OCO2. The number of halogens is 2. The van der Waals surface area contributed by atoms with E-state index in [0.717, 1.165) is 17.0 Å². The normalized spacial score (nSPS) is 20.0. The van der Waals surface area contributed by atoms with Gasteiger partial charge in [-0.05, 0) is 42.0 Å². The first kappa shape index (κ1) is 22.3. The molecule has 3 heterocycles. The number of amides is 3. The van der Waals surface area contributed by atoms with Gasteiger partial charge in [-0.15, -0.1) is 0 Å². The molecule has 0 bridgehead atoms. The summed E-state index contributed by atoms with van der Waals surface area (Å²) in [5.74, 6) is -1.07. The fraction of sp³-hybridized carbons (Fsp3) is 0.125. The number of hydrogen-bond acceptors (Lipinski definition) is 7. The minimum atomic E-state index is -1.21. The Morgan fingerprint density at radius 2 is 1.50 bits per heavy atom. The summed E-state index contributed by atoms with van der Waals surface area (Å²) in [7, 11) is 0. The van der Waals surface area contributed by atoms with Crippen LogP contribution in [-0.2, 0) is 4.79 Å². The largest absolute Gasteiger partial charge is 0.454 e. The number of β-lactam (4-membered cyclic amide) rings is 1. The molecule has 1 fully saturated rings. The lowest BCUT2D eigenvalue weighted by atomic mass is 9.86. The number of nitro groups is 1. The van der Waals surface area contributed by atoms with E-state index in [1.807, 2.05) is 0 Å². The smallest absolute Gasteiger partial charge is 0.270 e. The molecule has 3 aromatic rings. The van der Waals surface area contributed by atoms with Crippen molar-refractivity contribution in [2.45, 2.75) is 12.1 Å². The first-order valence-electron chi connectivity index (χ1n) is 10.6. The third-order valence-corrected chi connectivity index (χ3v) is 6.76. The van der Waals surface area contributed by atoms with Gasteiger partial charge in [-0.2, -0.15) is 0 Å². The molecule has 3 amide bonds. The van der Waals surface area contributed by atoms with Crippen molar-refractivity contribution in [2.75, 3.05) is 11.7 Å². The molecule has 0 saturated carbocycles. The molecule has 36 heavy (non-hydrogen) atoms. The van der Waals surface area contributed by atoms with Crippen molar-refractivity contribution in [3.05, 3.63) is 91.4 Å². The topological polar surface area (TPSA) is 119 Å². The van der Waals surface area contributed by atoms with Crippen LogP contribution in [0.3, 0.4) is 0 Å².